The molecule has 3 nitrogen and oxygen atoms in total. The van der Waals surface area contributed by atoms with Crippen LogP contribution in [-0.4, -0.2) is 25.2 Å². The Labute approximate surface area is 126 Å². The predicted molar refractivity (Wildman–Crippen MR) is 86.5 cm³/mol. The van der Waals surface area contributed by atoms with Crippen LogP contribution < -0.4 is 10.2 Å². The lowest BCUT2D eigenvalue weighted by Gasteiger charge is -2.31. The van der Waals surface area contributed by atoms with E-state index >= 15 is 0 Å². The number of nitrogens with one attached hydrogen (secondary N) is 1. The molecule has 1 heterocycles. The van der Waals surface area contributed by atoms with Crippen molar-refractivity contribution in [2.24, 2.45) is 0 Å². The molecule has 0 saturated heterocycles. The number of nitrogens with zero attached hydrogens (tertiary/aromatic N) is 1. The third-order valence-electron chi connectivity index (χ3n) is 4.17. The van der Waals surface area contributed by atoms with Crippen molar-refractivity contribution < 1.29 is 5.11 Å². The van der Waals surface area contributed by atoms with Crippen LogP contribution in [0.15, 0.2) is 48.5 Å². The van der Waals surface area contributed by atoms with Gasteiger partial charge in [-0.25, -0.2) is 0 Å². The molecule has 0 aliphatic carbocycles. The Morgan fingerprint density at radius 2 is 1.81 bits per heavy atom. The predicted octanol–water partition coefficient (Wildman–Crippen LogP) is 2.50. The number of likely N-dealkylation sites (N-methyl/N-ethyl adjacent to an activating group) is 1. The van der Waals surface area contributed by atoms with Gasteiger partial charge in [-0.05, 0) is 42.3 Å². The minimum atomic E-state index is -0.439. The van der Waals surface area contributed by atoms with Gasteiger partial charge >= 0.3 is 0 Å². The van der Waals surface area contributed by atoms with Gasteiger partial charge < -0.3 is 15.3 Å². The number of fused-ring (bicyclic) bond motifs is 1. The molecule has 0 saturated carbocycles. The zero-order valence-corrected chi connectivity index (χ0v) is 12.4. The maximum Gasteiger partial charge on any atom is 0.0914 e. The van der Waals surface area contributed by atoms with E-state index in [1.807, 2.05) is 19.2 Å². The first-order valence-corrected chi connectivity index (χ1v) is 7.52. The van der Waals surface area contributed by atoms with Gasteiger partial charge in [-0.1, -0.05) is 36.4 Å². The second-order valence-electron chi connectivity index (χ2n) is 5.61. The molecule has 1 aliphatic heterocycles. The Balaban J connectivity index is 1.74. The van der Waals surface area contributed by atoms with E-state index in [0.717, 1.165) is 25.1 Å². The highest BCUT2D eigenvalue weighted by molar-refractivity contribution is 5.50. The van der Waals surface area contributed by atoms with Crippen LogP contribution in [0.25, 0.3) is 0 Å². The Kier molecular flexibility index (Phi) is 4.23. The summed E-state index contributed by atoms with van der Waals surface area (Å²) in [5, 5.41) is 13.0. The lowest BCUT2D eigenvalue weighted by Crippen LogP contribution is -2.30. The Hall–Kier alpha value is -1.84. The van der Waals surface area contributed by atoms with E-state index in [9.17, 15) is 5.11 Å². The molecule has 0 radical (unpaired) electrons. The molecule has 1 aliphatic rings. The van der Waals surface area contributed by atoms with Crippen LogP contribution in [0.2, 0.25) is 0 Å². The highest BCUT2D eigenvalue weighted by Gasteiger charge is 2.16. The minimum Gasteiger partial charge on any atom is -0.387 e. The lowest BCUT2D eigenvalue weighted by atomic mass is 9.99. The first-order chi connectivity index (χ1) is 10.3. The zero-order chi connectivity index (χ0) is 14.7. The van der Waals surface area contributed by atoms with Gasteiger partial charge in [0.25, 0.3) is 0 Å². The molecule has 3 heteroatoms. The molecule has 3 rings (SSSR count). The van der Waals surface area contributed by atoms with Gasteiger partial charge in [-0.2, -0.15) is 0 Å². The van der Waals surface area contributed by atoms with E-state index in [-0.39, 0.29) is 0 Å². The minimum absolute atomic E-state index is 0.439. The fourth-order valence-electron chi connectivity index (χ4n) is 2.93. The number of aliphatic hydroxyl groups excluding tert-OH is 1. The third kappa shape index (κ3) is 3.09. The van der Waals surface area contributed by atoms with Gasteiger partial charge in [0, 0.05) is 25.3 Å². The zero-order valence-electron chi connectivity index (χ0n) is 12.4. The van der Waals surface area contributed by atoms with Gasteiger partial charge in [0.05, 0.1) is 6.10 Å². The summed E-state index contributed by atoms with van der Waals surface area (Å²) in [5.74, 6) is 0. The average Bonchev–Trinajstić information content (AvgIpc) is 2.55. The van der Waals surface area contributed by atoms with Gasteiger partial charge in [0.1, 0.15) is 0 Å². The van der Waals surface area contributed by atoms with Crippen molar-refractivity contribution in [3.05, 3.63) is 65.2 Å². The first-order valence-electron chi connectivity index (χ1n) is 7.52. The molecule has 1 atom stereocenters. The van der Waals surface area contributed by atoms with Gasteiger partial charge in [0.15, 0.2) is 0 Å². The summed E-state index contributed by atoms with van der Waals surface area (Å²) in [6.07, 6.45) is 0.659. The topological polar surface area (TPSA) is 35.5 Å². The second-order valence-corrected chi connectivity index (χ2v) is 5.61. The first kappa shape index (κ1) is 14.1. The molecule has 2 N–H and O–H groups in total. The lowest BCUT2D eigenvalue weighted by molar-refractivity contribution is 0.178. The largest absolute Gasteiger partial charge is 0.387 e. The van der Waals surface area contributed by atoms with Crippen molar-refractivity contribution in [3.63, 3.8) is 0 Å². The van der Waals surface area contributed by atoms with Crippen molar-refractivity contribution in [2.45, 2.75) is 19.1 Å². The second kappa shape index (κ2) is 6.29. The molecular formula is C18H22N2O. The van der Waals surface area contributed by atoms with Crippen molar-refractivity contribution in [1.82, 2.24) is 5.32 Å². The third-order valence-corrected chi connectivity index (χ3v) is 4.17. The highest BCUT2D eigenvalue weighted by atomic mass is 16.3. The summed E-state index contributed by atoms with van der Waals surface area (Å²) in [6.45, 7) is 2.60. The van der Waals surface area contributed by atoms with Crippen LogP contribution in [0, 0.1) is 0 Å². The molecule has 110 valence electrons. The molecule has 0 amide bonds. The number of anilines is 1. The molecule has 1 unspecified atom stereocenters. The fourth-order valence-corrected chi connectivity index (χ4v) is 2.93. The van der Waals surface area contributed by atoms with E-state index in [1.54, 1.807) is 0 Å². The van der Waals surface area contributed by atoms with E-state index in [4.69, 9.17) is 0 Å². The number of hydrogen-bond acceptors (Lipinski definition) is 3. The summed E-state index contributed by atoms with van der Waals surface area (Å²) in [5.41, 5.74) is 5.08. The van der Waals surface area contributed by atoms with Crippen LogP contribution in [0.1, 0.15) is 22.8 Å². The van der Waals surface area contributed by atoms with Crippen LogP contribution >= 0.6 is 0 Å². The molecule has 21 heavy (non-hydrogen) atoms. The summed E-state index contributed by atoms with van der Waals surface area (Å²) < 4.78 is 0. The standard InChI is InChI=1S/C18H22N2O/c1-19-12-18(21)15-6-8-17(9-7-15)20-11-10-14-4-2-3-5-16(14)13-20/h2-9,18-19,21H,10-13H2,1H3. The van der Waals surface area contributed by atoms with Crippen LogP contribution in [0.5, 0.6) is 0 Å². The normalized spacial score (nSPS) is 15.6. The number of rotatable bonds is 4. The van der Waals surface area contributed by atoms with E-state index in [0.29, 0.717) is 6.54 Å². The molecule has 2 aromatic carbocycles. The average molecular weight is 282 g/mol. The van der Waals surface area contributed by atoms with Crippen molar-refractivity contribution >= 4 is 5.69 Å². The molecule has 2 aromatic rings. The van der Waals surface area contributed by atoms with E-state index in [1.165, 1.54) is 16.8 Å². The van der Waals surface area contributed by atoms with E-state index < -0.39 is 6.10 Å². The van der Waals surface area contributed by atoms with Gasteiger partial charge in [-0.15, -0.1) is 0 Å². The number of benzene rings is 2. The van der Waals surface area contributed by atoms with Gasteiger partial charge in [0.2, 0.25) is 0 Å². The summed E-state index contributed by atoms with van der Waals surface area (Å²) >= 11 is 0. The summed E-state index contributed by atoms with van der Waals surface area (Å²) in [6, 6.07) is 16.9. The number of hydrogen-bond donors (Lipinski definition) is 2. The Bertz CT molecular complexity index is 594. The van der Waals surface area contributed by atoms with Crippen LogP contribution in [0.3, 0.4) is 0 Å². The molecule has 0 spiro atoms. The monoisotopic (exact) mass is 282 g/mol. The quantitative estimate of drug-likeness (QED) is 0.904. The highest BCUT2D eigenvalue weighted by Crippen LogP contribution is 2.25. The van der Waals surface area contributed by atoms with Crippen LogP contribution in [-0.2, 0) is 13.0 Å². The summed E-state index contributed by atoms with van der Waals surface area (Å²) in [4.78, 5) is 2.40. The van der Waals surface area contributed by atoms with Crippen molar-refractivity contribution in [2.75, 3.05) is 25.0 Å². The summed E-state index contributed by atoms with van der Waals surface area (Å²) in [7, 11) is 1.85. The maximum atomic E-state index is 9.98. The molecule has 0 aromatic heterocycles. The Morgan fingerprint density at radius 3 is 2.52 bits per heavy atom. The molecule has 0 bridgehead atoms. The van der Waals surface area contributed by atoms with Crippen molar-refractivity contribution in [3.8, 4) is 0 Å². The Morgan fingerprint density at radius 1 is 1.10 bits per heavy atom. The fraction of sp³-hybridized carbons (Fsp3) is 0.333. The molecule has 0 fully saturated rings. The van der Waals surface area contributed by atoms with Crippen LogP contribution in [0.4, 0.5) is 5.69 Å². The van der Waals surface area contributed by atoms with Crippen molar-refractivity contribution in [1.29, 1.82) is 0 Å². The van der Waals surface area contributed by atoms with Gasteiger partial charge in [-0.3, -0.25) is 0 Å². The SMILES string of the molecule is CNCC(O)c1ccc(N2CCc3ccccc3C2)cc1. The number of aliphatic hydroxyl groups is 1. The maximum absolute atomic E-state index is 9.98. The smallest absolute Gasteiger partial charge is 0.0914 e. The molecular weight excluding hydrogens is 260 g/mol. The van der Waals surface area contributed by atoms with E-state index in [2.05, 4.69) is 46.6 Å².